The van der Waals surface area contributed by atoms with Crippen LogP contribution in [0.4, 0.5) is 15.8 Å². The highest BCUT2D eigenvalue weighted by Gasteiger charge is 2.35. The number of ether oxygens (including phenoxy) is 1. The minimum absolute atomic E-state index is 0.0317. The molecule has 0 spiro atoms. The summed E-state index contributed by atoms with van der Waals surface area (Å²) in [5.74, 6) is -2.02. The van der Waals surface area contributed by atoms with Crippen molar-refractivity contribution >= 4 is 33.2 Å². The highest BCUT2D eigenvalue weighted by Crippen LogP contribution is 2.34. The fourth-order valence-electron chi connectivity index (χ4n) is 4.40. The van der Waals surface area contributed by atoms with Gasteiger partial charge in [-0.05, 0) is 38.5 Å². The van der Waals surface area contributed by atoms with Crippen LogP contribution in [0, 0.1) is 15.9 Å². The summed E-state index contributed by atoms with van der Waals surface area (Å²) < 4.78 is 46.9. The van der Waals surface area contributed by atoms with Crippen LogP contribution < -0.4 is 14.4 Å². The Hall–Kier alpha value is -4.52. The molecule has 0 aliphatic carbocycles. The van der Waals surface area contributed by atoms with Gasteiger partial charge in [0.1, 0.15) is 29.8 Å². The van der Waals surface area contributed by atoms with Gasteiger partial charge in [-0.2, -0.15) is 0 Å². The number of nitro groups is 1. The standard InChI is InChI=1S/C30H35FN4O7S/c1-30(2,3)32-29(37)26(17-21-11-7-6-8-12-21)33(19-22-13-9-10-14-24(22)31)28(36)20-34(43(5,40)41)25-18-23(35(38)39)15-16-27(25)42-4/h6-16,18,26H,17,19-20H2,1-5H3,(H,32,37)/t26-/m1/s1. The Morgan fingerprint density at radius 2 is 1.67 bits per heavy atom. The topological polar surface area (TPSA) is 139 Å². The lowest BCUT2D eigenvalue weighted by atomic mass is 10.0. The quantitative estimate of drug-likeness (QED) is 0.240. The lowest BCUT2D eigenvalue weighted by Crippen LogP contribution is -2.56. The molecule has 3 aromatic carbocycles. The van der Waals surface area contributed by atoms with Gasteiger partial charge in [-0.15, -0.1) is 0 Å². The lowest BCUT2D eigenvalue weighted by molar-refractivity contribution is -0.384. The number of nitrogens with zero attached hydrogens (tertiary/aromatic N) is 3. The van der Waals surface area contributed by atoms with E-state index in [1.807, 2.05) is 0 Å². The van der Waals surface area contributed by atoms with Crippen molar-refractivity contribution in [1.29, 1.82) is 0 Å². The Morgan fingerprint density at radius 1 is 1.05 bits per heavy atom. The van der Waals surface area contributed by atoms with Crippen molar-refractivity contribution in [2.45, 2.75) is 45.3 Å². The van der Waals surface area contributed by atoms with Crippen LogP contribution in [0.1, 0.15) is 31.9 Å². The first-order chi connectivity index (χ1) is 20.1. The van der Waals surface area contributed by atoms with E-state index < -0.39 is 56.4 Å². The van der Waals surface area contributed by atoms with E-state index in [4.69, 9.17) is 4.74 Å². The number of anilines is 1. The van der Waals surface area contributed by atoms with Gasteiger partial charge in [0.05, 0.1) is 18.3 Å². The van der Waals surface area contributed by atoms with Gasteiger partial charge in [0.2, 0.25) is 21.8 Å². The first kappa shape index (κ1) is 33.0. The molecule has 0 aliphatic heterocycles. The van der Waals surface area contributed by atoms with Crippen LogP contribution in [0.3, 0.4) is 0 Å². The summed E-state index contributed by atoms with van der Waals surface area (Å²) in [7, 11) is -2.97. The van der Waals surface area contributed by atoms with Gasteiger partial charge < -0.3 is 15.0 Å². The predicted molar refractivity (Wildman–Crippen MR) is 161 cm³/mol. The predicted octanol–water partition coefficient (Wildman–Crippen LogP) is 4.06. The largest absolute Gasteiger partial charge is 0.495 e. The number of non-ortho nitro benzene ring substituents is 1. The van der Waals surface area contributed by atoms with Gasteiger partial charge in [-0.1, -0.05) is 48.5 Å². The molecule has 3 rings (SSSR count). The molecule has 0 heterocycles. The Balaban J connectivity index is 2.16. The number of hydrogen-bond acceptors (Lipinski definition) is 7. The minimum Gasteiger partial charge on any atom is -0.495 e. The normalized spacial score (nSPS) is 12.2. The summed E-state index contributed by atoms with van der Waals surface area (Å²) >= 11 is 0. The van der Waals surface area contributed by atoms with Gasteiger partial charge in [0, 0.05) is 36.2 Å². The van der Waals surface area contributed by atoms with Crippen molar-refractivity contribution in [3.63, 3.8) is 0 Å². The van der Waals surface area contributed by atoms with Crippen LogP contribution in [-0.4, -0.2) is 61.5 Å². The molecule has 0 unspecified atom stereocenters. The van der Waals surface area contributed by atoms with E-state index in [9.17, 15) is 32.5 Å². The summed E-state index contributed by atoms with van der Waals surface area (Å²) in [6.45, 7) is 4.11. The van der Waals surface area contributed by atoms with Crippen molar-refractivity contribution in [3.05, 3.63) is 99.9 Å². The Kier molecular flexibility index (Phi) is 10.5. The molecule has 3 aromatic rings. The number of benzene rings is 3. The molecule has 0 aromatic heterocycles. The average Bonchev–Trinajstić information content (AvgIpc) is 2.93. The van der Waals surface area contributed by atoms with Crippen molar-refractivity contribution < 1.29 is 32.1 Å². The van der Waals surface area contributed by atoms with Crippen molar-refractivity contribution in [2.24, 2.45) is 0 Å². The number of nitrogens with one attached hydrogen (secondary N) is 1. The van der Waals surface area contributed by atoms with Crippen LogP contribution in [-0.2, 0) is 32.6 Å². The Morgan fingerprint density at radius 3 is 2.23 bits per heavy atom. The van der Waals surface area contributed by atoms with E-state index >= 15 is 0 Å². The van der Waals surface area contributed by atoms with Gasteiger partial charge in [0.15, 0.2) is 0 Å². The zero-order valence-electron chi connectivity index (χ0n) is 24.6. The number of halogens is 1. The molecule has 0 saturated carbocycles. The maximum absolute atomic E-state index is 14.9. The number of sulfonamides is 1. The third-order valence-electron chi connectivity index (χ3n) is 6.39. The van der Waals surface area contributed by atoms with E-state index in [0.29, 0.717) is 9.87 Å². The highest BCUT2D eigenvalue weighted by atomic mass is 32.2. The first-order valence-electron chi connectivity index (χ1n) is 13.3. The second-order valence-corrected chi connectivity index (χ2v) is 12.8. The minimum atomic E-state index is -4.23. The van der Waals surface area contributed by atoms with Crippen LogP contribution in [0.2, 0.25) is 0 Å². The second-order valence-electron chi connectivity index (χ2n) is 10.9. The van der Waals surface area contributed by atoms with E-state index in [-0.39, 0.29) is 30.0 Å². The molecule has 43 heavy (non-hydrogen) atoms. The maximum atomic E-state index is 14.9. The van der Waals surface area contributed by atoms with E-state index in [0.717, 1.165) is 23.3 Å². The summed E-state index contributed by atoms with van der Waals surface area (Å²) in [4.78, 5) is 39.8. The molecule has 1 N–H and O–H groups in total. The van der Waals surface area contributed by atoms with Crippen LogP contribution in [0.5, 0.6) is 5.75 Å². The molecule has 1 atom stereocenters. The number of hydrogen-bond donors (Lipinski definition) is 1. The maximum Gasteiger partial charge on any atom is 0.271 e. The number of nitro benzene ring substituents is 1. The summed E-state index contributed by atoms with van der Waals surface area (Å²) in [5.41, 5.74) is -0.531. The molecule has 0 saturated heterocycles. The van der Waals surface area contributed by atoms with Crippen molar-refractivity contribution in [3.8, 4) is 5.75 Å². The van der Waals surface area contributed by atoms with E-state index in [1.165, 1.54) is 31.4 Å². The van der Waals surface area contributed by atoms with Crippen molar-refractivity contribution in [1.82, 2.24) is 10.2 Å². The Bertz CT molecular complexity index is 1580. The molecule has 2 amide bonds. The fraction of sp³-hybridized carbons (Fsp3) is 0.333. The smallest absolute Gasteiger partial charge is 0.271 e. The molecule has 0 aliphatic rings. The van der Waals surface area contributed by atoms with Crippen LogP contribution >= 0.6 is 0 Å². The van der Waals surface area contributed by atoms with E-state index in [2.05, 4.69) is 5.32 Å². The third-order valence-corrected chi connectivity index (χ3v) is 7.52. The van der Waals surface area contributed by atoms with Crippen LogP contribution in [0.25, 0.3) is 0 Å². The van der Waals surface area contributed by atoms with Crippen molar-refractivity contribution in [2.75, 3.05) is 24.2 Å². The molecular formula is C30H35FN4O7S. The number of methoxy groups -OCH3 is 1. The van der Waals surface area contributed by atoms with Crippen LogP contribution in [0.15, 0.2) is 72.8 Å². The zero-order chi connectivity index (χ0) is 31.9. The zero-order valence-corrected chi connectivity index (χ0v) is 25.4. The Labute approximate surface area is 250 Å². The fourth-order valence-corrected chi connectivity index (χ4v) is 5.24. The molecule has 0 fully saturated rings. The van der Waals surface area contributed by atoms with Gasteiger partial charge in [0.25, 0.3) is 5.69 Å². The highest BCUT2D eigenvalue weighted by molar-refractivity contribution is 7.92. The number of carbonyl (C=O) groups is 2. The molecule has 230 valence electrons. The van der Waals surface area contributed by atoms with E-state index in [1.54, 1.807) is 57.2 Å². The number of amides is 2. The molecular weight excluding hydrogens is 579 g/mol. The molecule has 0 radical (unpaired) electrons. The monoisotopic (exact) mass is 614 g/mol. The number of carbonyl (C=O) groups excluding carboxylic acids is 2. The lowest BCUT2D eigenvalue weighted by Gasteiger charge is -2.35. The summed E-state index contributed by atoms with van der Waals surface area (Å²) in [6.07, 6.45) is 0.884. The first-order valence-corrected chi connectivity index (χ1v) is 15.1. The van der Waals surface area contributed by atoms with Gasteiger partial charge in [-0.25, -0.2) is 12.8 Å². The SMILES string of the molecule is COc1ccc([N+](=O)[O-])cc1N(CC(=O)N(Cc1ccccc1F)[C@H](Cc1ccccc1)C(=O)NC(C)(C)C)S(C)(=O)=O. The summed E-state index contributed by atoms with van der Waals surface area (Å²) in [6, 6.07) is 16.8. The third kappa shape index (κ3) is 8.98. The van der Waals surface area contributed by atoms with Gasteiger partial charge >= 0.3 is 0 Å². The van der Waals surface area contributed by atoms with Gasteiger partial charge in [-0.3, -0.25) is 24.0 Å². The number of rotatable bonds is 12. The average molecular weight is 615 g/mol. The second kappa shape index (κ2) is 13.6. The molecule has 0 bridgehead atoms. The molecule has 11 nitrogen and oxygen atoms in total. The summed E-state index contributed by atoms with van der Waals surface area (Å²) in [5, 5.41) is 14.4. The molecule has 13 heteroatoms.